The fourth-order valence-electron chi connectivity index (χ4n) is 3.39. The molecule has 10 nitrogen and oxygen atoms in total. The summed E-state index contributed by atoms with van der Waals surface area (Å²) in [6.07, 6.45) is 1.56. The van der Waals surface area contributed by atoms with Crippen LogP contribution >= 0.6 is 0 Å². The summed E-state index contributed by atoms with van der Waals surface area (Å²) in [4.78, 5) is 32.7. The number of ether oxygens (including phenoxy) is 2. The minimum atomic E-state index is -0.829. The number of rotatable bonds is 5. The lowest BCUT2D eigenvalue weighted by molar-refractivity contribution is -0.119. The third kappa shape index (κ3) is 3.37. The second-order valence-electron chi connectivity index (χ2n) is 7.00. The standard InChI is InChI=1S/C22H17N5O5/c1-12-7-8-23-22-25-20(26-27(12)22)21(29)31-11-19(28)24-15-10-17-14(9-18(15)30-2)13-5-3-4-6-16(13)32-17/h3-10H,11H2,1-2H3,(H,24,28). The van der Waals surface area contributed by atoms with E-state index < -0.39 is 18.5 Å². The molecule has 0 spiro atoms. The number of hydrogen-bond acceptors (Lipinski definition) is 8. The average molecular weight is 431 g/mol. The zero-order chi connectivity index (χ0) is 22.2. The lowest BCUT2D eigenvalue weighted by atomic mass is 10.1. The number of benzene rings is 2. The molecule has 0 atom stereocenters. The minimum absolute atomic E-state index is 0.180. The van der Waals surface area contributed by atoms with Crippen LogP contribution in [0.2, 0.25) is 0 Å². The van der Waals surface area contributed by atoms with Gasteiger partial charge in [0.1, 0.15) is 16.9 Å². The molecule has 2 aromatic carbocycles. The van der Waals surface area contributed by atoms with Gasteiger partial charge in [0.05, 0.1) is 12.8 Å². The summed E-state index contributed by atoms with van der Waals surface area (Å²) in [5.41, 5.74) is 2.47. The number of amides is 1. The molecule has 0 saturated carbocycles. The summed E-state index contributed by atoms with van der Waals surface area (Å²) in [6, 6.07) is 12.8. The molecule has 32 heavy (non-hydrogen) atoms. The van der Waals surface area contributed by atoms with Gasteiger partial charge in [0.15, 0.2) is 6.61 Å². The largest absolute Gasteiger partial charge is 0.495 e. The first kappa shape index (κ1) is 19.5. The van der Waals surface area contributed by atoms with Crippen molar-refractivity contribution in [3.63, 3.8) is 0 Å². The highest BCUT2D eigenvalue weighted by atomic mass is 16.5. The van der Waals surface area contributed by atoms with Gasteiger partial charge in [-0.15, -0.1) is 5.10 Å². The van der Waals surface area contributed by atoms with Crippen LogP contribution in [0.1, 0.15) is 16.3 Å². The molecule has 0 unspecified atom stereocenters. The van der Waals surface area contributed by atoms with Gasteiger partial charge in [-0.3, -0.25) is 4.79 Å². The van der Waals surface area contributed by atoms with Gasteiger partial charge in [0.2, 0.25) is 0 Å². The molecule has 1 amide bonds. The number of nitrogens with zero attached hydrogens (tertiary/aromatic N) is 4. The van der Waals surface area contributed by atoms with Crippen LogP contribution in [0, 0.1) is 6.92 Å². The van der Waals surface area contributed by atoms with E-state index in [2.05, 4.69) is 20.4 Å². The monoisotopic (exact) mass is 431 g/mol. The molecule has 0 saturated heterocycles. The highest BCUT2D eigenvalue weighted by molar-refractivity contribution is 6.08. The highest BCUT2D eigenvalue weighted by Crippen LogP contribution is 2.36. The number of aromatic nitrogens is 4. The first-order valence-corrected chi connectivity index (χ1v) is 9.68. The Morgan fingerprint density at radius 3 is 2.78 bits per heavy atom. The predicted octanol–water partition coefficient (Wildman–Crippen LogP) is 3.14. The van der Waals surface area contributed by atoms with Crippen LogP contribution in [0.4, 0.5) is 5.69 Å². The number of fused-ring (bicyclic) bond motifs is 4. The number of nitrogens with one attached hydrogen (secondary N) is 1. The molecule has 5 rings (SSSR count). The molecule has 0 fully saturated rings. The Bertz CT molecular complexity index is 1500. The maximum absolute atomic E-state index is 12.4. The van der Waals surface area contributed by atoms with Gasteiger partial charge in [-0.2, -0.15) is 4.98 Å². The summed E-state index contributed by atoms with van der Waals surface area (Å²) in [5.74, 6) is -0.839. The van der Waals surface area contributed by atoms with Gasteiger partial charge in [0, 0.05) is 28.7 Å². The van der Waals surface area contributed by atoms with E-state index >= 15 is 0 Å². The van der Waals surface area contributed by atoms with E-state index in [0.29, 0.717) is 17.0 Å². The molecule has 0 aliphatic rings. The second kappa shape index (κ2) is 7.65. The fourth-order valence-corrected chi connectivity index (χ4v) is 3.39. The first-order chi connectivity index (χ1) is 15.5. The zero-order valence-corrected chi connectivity index (χ0v) is 17.2. The molecule has 10 heteroatoms. The van der Waals surface area contributed by atoms with Gasteiger partial charge >= 0.3 is 5.97 Å². The van der Waals surface area contributed by atoms with E-state index in [9.17, 15) is 9.59 Å². The van der Waals surface area contributed by atoms with Crippen molar-refractivity contribution in [1.82, 2.24) is 19.6 Å². The third-order valence-corrected chi connectivity index (χ3v) is 4.92. The topological polar surface area (TPSA) is 121 Å². The maximum Gasteiger partial charge on any atom is 0.378 e. The molecule has 160 valence electrons. The summed E-state index contributed by atoms with van der Waals surface area (Å²) in [7, 11) is 1.50. The van der Waals surface area contributed by atoms with Gasteiger partial charge in [0.25, 0.3) is 17.5 Å². The number of hydrogen-bond donors (Lipinski definition) is 1. The van der Waals surface area contributed by atoms with Crippen molar-refractivity contribution in [2.45, 2.75) is 6.92 Å². The number of para-hydroxylation sites is 1. The lowest BCUT2D eigenvalue weighted by Gasteiger charge is -2.10. The average Bonchev–Trinajstić information content (AvgIpc) is 3.39. The van der Waals surface area contributed by atoms with E-state index in [1.54, 1.807) is 31.3 Å². The molecule has 0 aliphatic carbocycles. The summed E-state index contributed by atoms with van der Waals surface area (Å²) >= 11 is 0. The van der Waals surface area contributed by atoms with Gasteiger partial charge in [-0.25, -0.2) is 14.3 Å². The molecule has 0 aliphatic heterocycles. The number of anilines is 1. The van der Waals surface area contributed by atoms with Crippen LogP contribution in [-0.4, -0.2) is 45.2 Å². The van der Waals surface area contributed by atoms with Crippen LogP contribution in [0.15, 0.2) is 53.1 Å². The van der Waals surface area contributed by atoms with Crippen LogP contribution in [0.3, 0.4) is 0 Å². The van der Waals surface area contributed by atoms with Crippen molar-refractivity contribution in [1.29, 1.82) is 0 Å². The number of aryl methyl sites for hydroxylation is 1. The predicted molar refractivity (Wildman–Crippen MR) is 115 cm³/mol. The number of carbonyl (C=O) groups is 2. The molecule has 3 aromatic heterocycles. The smallest absolute Gasteiger partial charge is 0.378 e. The maximum atomic E-state index is 12.4. The molecule has 3 heterocycles. The molecular weight excluding hydrogens is 414 g/mol. The highest BCUT2D eigenvalue weighted by Gasteiger charge is 2.19. The Morgan fingerprint density at radius 1 is 1.12 bits per heavy atom. The molecule has 5 aromatic rings. The van der Waals surface area contributed by atoms with Gasteiger partial charge in [-0.1, -0.05) is 18.2 Å². The Labute approximate surface area is 180 Å². The van der Waals surface area contributed by atoms with Crippen LogP contribution in [0.5, 0.6) is 5.75 Å². The van der Waals surface area contributed by atoms with Crippen LogP contribution < -0.4 is 10.1 Å². The zero-order valence-electron chi connectivity index (χ0n) is 17.2. The Hall–Kier alpha value is -4.47. The van der Waals surface area contributed by atoms with Gasteiger partial charge in [-0.05, 0) is 25.1 Å². The summed E-state index contributed by atoms with van der Waals surface area (Å²) in [5, 5.41) is 8.55. The van der Waals surface area contributed by atoms with Crippen molar-refractivity contribution >= 4 is 45.3 Å². The SMILES string of the molecule is COc1cc2c(cc1NC(=O)COC(=O)c1nc3nccc(C)n3n1)oc1ccccc12. The van der Waals surface area contributed by atoms with E-state index in [0.717, 1.165) is 22.0 Å². The quantitative estimate of drug-likeness (QED) is 0.421. The second-order valence-corrected chi connectivity index (χ2v) is 7.00. The molecule has 0 radical (unpaired) electrons. The van der Waals surface area contributed by atoms with Crippen molar-refractivity contribution in [2.24, 2.45) is 0 Å². The number of methoxy groups -OCH3 is 1. The van der Waals surface area contributed by atoms with Crippen molar-refractivity contribution in [3.05, 3.63) is 60.2 Å². The van der Waals surface area contributed by atoms with E-state index in [-0.39, 0.29) is 11.6 Å². The lowest BCUT2D eigenvalue weighted by Crippen LogP contribution is -2.21. The van der Waals surface area contributed by atoms with Crippen molar-refractivity contribution in [2.75, 3.05) is 19.0 Å². The van der Waals surface area contributed by atoms with E-state index in [1.165, 1.54) is 11.6 Å². The van der Waals surface area contributed by atoms with Gasteiger partial charge < -0.3 is 19.2 Å². The van der Waals surface area contributed by atoms with E-state index in [1.807, 2.05) is 24.3 Å². The number of esters is 1. The Kier molecular flexibility index (Phi) is 4.66. The normalized spacial score (nSPS) is 11.2. The summed E-state index contributed by atoms with van der Waals surface area (Å²) in [6.45, 7) is 1.28. The van der Waals surface area contributed by atoms with Crippen LogP contribution in [-0.2, 0) is 9.53 Å². The molecule has 0 bridgehead atoms. The van der Waals surface area contributed by atoms with Crippen molar-refractivity contribution < 1.29 is 23.5 Å². The number of furan rings is 1. The summed E-state index contributed by atoms with van der Waals surface area (Å²) < 4.78 is 17.8. The van der Waals surface area contributed by atoms with Crippen LogP contribution in [0.25, 0.3) is 27.7 Å². The fraction of sp³-hybridized carbons (Fsp3) is 0.136. The molecule has 1 N–H and O–H groups in total. The molecular formula is C22H17N5O5. The third-order valence-electron chi connectivity index (χ3n) is 4.92. The number of carbonyl (C=O) groups excluding carboxylic acids is 2. The first-order valence-electron chi connectivity index (χ1n) is 9.68. The minimum Gasteiger partial charge on any atom is -0.495 e. The Balaban J connectivity index is 1.32. The van der Waals surface area contributed by atoms with E-state index in [4.69, 9.17) is 13.9 Å². The Morgan fingerprint density at radius 2 is 1.97 bits per heavy atom. The van der Waals surface area contributed by atoms with Crippen molar-refractivity contribution in [3.8, 4) is 5.75 Å².